The number of esters is 1. The van der Waals surface area contributed by atoms with Crippen LogP contribution in [0.5, 0.6) is 5.75 Å². The summed E-state index contributed by atoms with van der Waals surface area (Å²) >= 11 is 0. The van der Waals surface area contributed by atoms with Crippen LogP contribution < -0.4 is 15.4 Å². The van der Waals surface area contributed by atoms with Gasteiger partial charge in [-0.25, -0.2) is 4.79 Å². The molecular formula is C20H24N2O4. The first-order chi connectivity index (χ1) is 12.5. The molecule has 2 N–H and O–H groups in total. The molecule has 0 saturated heterocycles. The molecule has 0 saturated carbocycles. The largest absolute Gasteiger partial charge is 0.491 e. The van der Waals surface area contributed by atoms with Gasteiger partial charge in [-0.1, -0.05) is 12.1 Å². The van der Waals surface area contributed by atoms with Crippen LogP contribution in [0, 0.1) is 0 Å². The number of carbonyl (C=O) groups excluding carboxylic acids is 2. The van der Waals surface area contributed by atoms with E-state index in [1.807, 2.05) is 38.1 Å². The van der Waals surface area contributed by atoms with Crippen LogP contribution in [0.3, 0.4) is 0 Å². The van der Waals surface area contributed by atoms with E-state index >= 15 is 0 Å². The average molecular weight is 356 g/mol. The van der Waals surface area contributed by atoms with E-state index in [0.717, 1.165) is 11.4 Å². The van der Waals surface area contributed by atoms with Crippen molar-refractivity contribution in [2.45, 2.75) is 26.9 Å². The molecule has 0 heterocycles. The number of hydrogen-bond acceptors (Lipinski definition) is 5. The Morgan fingerprint density at radius 2 is 1.73 bits per heavy atom. The van der Waals surface area contributed by atoms with Gasteiger partial charge in [-0.3, -0.25) is 4.79 Å². The fourth-order valence-corrected chi connectivity index (χ4v) is 2.28. The smallest absolute Gasteiger partial charge is 0.340 e. The van der Waals surface area contributed by atoms with Gasteiger partial charge >= 0.3 is 5.97 Å². The fraction of sp³-hybridized carbons (Fsp3) is 0.300. The van der Waals surface area contributed by atoms with Crippen molar-refractivity contribution >= 4 is 23.3 Å². The van der Waals surface area contributed by atoms with Crippen LogP contribution in [-0.2, 0) is 9.53 Å². The quantitative estimate of drug-likeness (QED) is 0.705. The zero-order valence-corrected chi connectivity index (χ0v) is 15.2. The molecular weight excluding hydrogens is 332 g/mol. The number of anilines is 2. The predicted octanol–water partition coefficient (Wildman–Crippen LogP) is 3.70. The van der Waals surface area contributed by atoms with Gasteiger partial charge in [0.2, 0.25) is 5.91 Å². The zero-order valence-electron chi connectivity index (χ0n) is 15.2. The van der Waals surface area contributed by atoms with Gasteiger partial charge in [0.25, 0.3) is 0 Å². The molecule has 6 heteroatoms. The summed E-state index contributed by atoms with van der Waals surface area (Å²) in [4.78, 5) is 24.1. The molecule has 0 aliphatic carbocycles. The maximum absolute atomic E-state index is 12.2. The average Bonchev–Trinajstić information content (AvgIpc) is 2.61. The molecule has 1 amide bonds. The Labute approximate surface area is 153 Å². The second-order valence-electron chi connectivity index (χ2n) is 5.86. The standard InChI is InChI=1S/C20H24N2O4/c1-4-25-20(24)17-7-5-6-8-18(17)22-19(23)13-21-15-9-11-16(12-10-15)26-14(2)3/h5-12,14,21H,4,13H2,1-3H3,(H,22,23). The summed E-state index contributed by atoms with van der Waals surface area (Å²) in [5.41, 5.74) is 1.56. The minimum Gasteiger partial charge on any atom is -0.491 e. The number of carbonyl (C=O) groups is 2. The minimum atomic E-state index is -0.461. The van der Waals surface area contributed by atoms with Gasteiger partial charge < -0.3 is 20.1 Å². The Balaban J connectivity index is 1.92. The monoisotopic (exact) mass is 356 g/mol. The molecule has 0 spiro atoms. The number of rotatable bonds is 8. The van der Waals surface area contributed by atoms with Crippen LogP contribution in [0.4, 0.5) is 11.4 Å². The second kappa shape index (κ2) is 9.46. The van der Waals surface area contributed by atoms with Crippen molar-refractivity contribution in [2.24, 2.45) is 0 Å². The van der Waals surface area contributed by atoms with Gasteiger partial charge in [-0.15, -0.1) is 0 Å². The van der Waals surface area contributed by atoms with Gasteiger partial charge in [0, 0.05) is 5.69 Å². The summed E-state index contributed by atoms with van der Waals surface area (Å²) in [5, 5.41) is 5.77. The van der Waals surface area contributed by atoms with Gasteiger partial charge in [0.05, 0.1) is 30.5 Å². The van der Waals surface area contributed by atoms with Crippen molar-refractivity contribution in [1.82, 2.24) is 0 Å². The lowest BCUT2D eigenvalue weighted by atomic mass is 10.2. The van der Waals surface area contributed by atoms with Crippen LogP contribution >= 0.6 is 0 Å². The molecule has 0 fully saturated rings. The van der Waals surface area contributed by atoms with E-state index in [9.17, 15) is 9.59 Å². The van der Waals surface area contributed by atoms with Crippen LogP contribution in [0.25, 0.3) is 0 Å². The van der Waals surface area contributed by atoms with E-state index in [1.165, 1.54) is 0 Å². The molecule has 0 radical (unpaired) electrons. The highest BCUT2D eigenvalue weighted by atomic mass is 16.5. The Kier molecular flexibility index (Phi) is 7.02. The van der Waals surface area contributed by atoms with E-state index in [2.05, 4.69) is 10.6 Å². The highest BCUT2D eigenvalue weighted by Gasteiger charge is 2.13. The molecule has 6 nitrogen and oxygen atoms in total. The molecule has 2 aromatic carbocycles. The fourth-order valence-electron chi connectivity index (χ4n) is 2.28. The second-order valence-corrected chi connectivity index (χ2v) is 5.86. The molecule has 26 heavy (non-hydrogen) atoms. The van der Waals surface area contributed by atoms with Crippen molar-refractivity contribution < 1.29 is 19.1 Å². The third-order valence-corrected chi connectivity index (χ3v) is 3.38. The van der Waals surface area contributed by atoms with E-state index in [0.29, 0.717) is 11.3 Å². The highest BCUT2D eigenvalue weighted by Crippen LogP contribution is 2.18. The van der Waals surface area contributed by atoms with E-state index < -0.39 is 5.97 Å². The van der Waals surface area contributed by atoms with Gasteiger partial charge in [0.1, 0.15) is 5.75 Å². The normalized spacial score (nSPS) is 10.3. The van der Waals surface area contributed by atoms with Crippen molar-refractivity contribution in [2.75, 3.05) is 23.8 Å². The molecule has 0 atom stereocenters. The van der Waals surface area contributed by atoms with Crippen LogP contribution in [0.15, 0.2) is 48.5 Å². The number of amides is 1. The van der Waals surface area contributed by atoms with Gasteiger partial charge in [-0.2, -0.15) is 0 Å². The first kappa shape index (κ1) is 19.3. The number of benzene rings is 2. The Hall–Kier alpha value is -3.02. The van der Waals surface area contributed by atoms with Crippen molar-refractivity contribution in [1.29, 1.82) is 0 Å². The first-order valence-electron chi connectivity index (χ1n) is 8.56. The number of ether oxygens (including phenoxy) is 2. The van der Waals surface area contributed by atoms with Crippen molar-refractivity contribution in [3.8, 4) is 5.75 Å². The maximum Gasteiger partial charge on any atom is 0.340 e. The Bertz CT molecular complexity index is 742. The molecule has 0 aliphatic rings. The molecule has 0 bridgehead atoms. The van der Waals surface area contributed by atoms with Gasteiger partial charge in [0.15, 0.2) is 0 Å². The molecule has 0 aliphatic heterocycles. The molecule has 2 rings (SSSR count). The van der Waals surface area contributed by atoms with Crippen molar-refractivity contribution in [3.05, 3.63) is 54.1 Å². The summed E-state index contributed by atoms with van der Waals surface area (Å²) in [7, 11) is 0. The third kappa shape index (κ3) is 5.81. The Morgan fingerprint density at radius 1 is 1.04 bits per heavy atom. The van der Waals surface area contributed by atoms with Crippen LogP contribution in [0.1, 0.15) is 31.1 Å². The summed E-state index contributed by atoms with van der Waals surface area (Å²) in [6, 6.07) is 14.1. The lowest BCUT2D eigenvalue weighted by Gasteiger charge is -2.12. The lowest BCUT2D eigenvalue weighted by Crippen LogP contribution is -2.23. The summed E-state index contributed by atoms with van der Waals surface area (Å²) in [6.07, 6.45) is 0.110. The SMILES string of the molecule is CCOC(=O)c1ccccc1NC(=O)CNc1ccc(OC(C)C)cc1. The van der Waals surface area contributed by atoms with Crippen LogP contribution in [0.2, 0.25) is 0 Å². The molecule has 138 valence electrons. The molecule has 0 aromatic heterocycles. The molecule has 0 unspecified atom stereocenters. The summed E-state index contributed by atoms with van der Waals surface area (Å²) in [5.74, 6) is 0.0553. The lowest BCUT2D eigenvalue weighted by molar-refractivity contribution is -0.114. The van der Waals surface area contributed by atoms with Gasteiger partial charge in [-0.05, 0) is 57.2 Å². The first-order valence-corrected chi connectivity index (χ1v) is 8.56. The number of para-hydroxylation sites is 1. The van der Waals surface area contributed by atoms with E-state index in [1.54, 1.807) is 31.2 Å². The van der Waals surface area contributed by atoms with Crippen molar-refractivity contribution in [3.63, 3.8) is 0 Å². The number of nitrogens with one attached hydrogen (secondary N) is 2. The Morgan fingerprint density at radius 3 is 2.38 bits per heavy atom. The molecule has 2 aromatic rings. The summed E-state index contributed by atoms with van der Waals surface area (Å²) in [6.45, 7) is 6.01. The summed E-state index contributed by atoms with van der Waals surface area (Å²) < 4.78 is 10.6. The minimum absolute atomic E-state index is 0.0710. The van der Waals surface area contributed by atoms with E-state index in [4.69, 9.17) is 9.47 Å². The number of hydrogen-bond donors (Lipinski definition) is 2. The zero-order chi connectivity index (χ0) is 18.9. The predicted molar refractivity (Wildman–Crippen MR) is 102 cm³/mol. The highest BCUT2D eigenvalue weighted by molar-refractivity contribution is 6.02. The maximum atomic E-state index is 12.2. The third-order valence-electron chi connectivity index (χ3n) is 3.38. The van der Waals surface area contributed by atoms with E-state index in [-0.39, 0.29) is 25.2 Å². The van der Waals surface area contributed by atoms with Crippen LogP contribution in [-0.4, -0.2) is 31.1 Å². The topological polar surface area (TPSA) is 76.7 Å².